The van der Waals surface area contributed by atoms with Gasteiger partial charge in [-0.1, -0.05) is 0 Å². The van der Waals surface area contributed by atoms with E-state index in [0.29, 0.717) is 12.8 Å². The van der Waals surface area contributed by atoms with E-state index in [9.17, 15) is 13.2 Å². The van der Waals surface area contributed by atoms with Crippen LogP contribution in [0.1, 0.15) is 29.5 Å². The molecule has 1 unspecified atom stereocenters. The standard InChI is InChI=1S/C16H19NO6S/c1-11(5-7-13-4-3-9-23-13)17-24(20,21)15-10-12(16(18)19)6-8-14(15)22-2/h3-4,6,8-11,17H,5,7H2,1-2H3,(H,18,19). The van der Waals surface area contributed by atoms with Crippen molar-refractivity contribution in [2.75, 3.05) is 7.11 Å². The Morgan fingerprint density at radius 3 is 2.71 bits per heavy atom. The van der Waals surface area contributed by atoms with E-state index >= 15 is 0 Å². The summed E-state index contributed by atoms with van der Waals surface area (Å²) in [7, 11) is -2.59. The van der Waals surface area contributed by atoms with Gasteiger partial charge in [0.2, 0.25) is 10.0 Å². The van der Waals surface area contributed by atoms with Gasteiger partial charge in [-0.15, -0.1) is 0 Å². The number of aromatic carboxylic acids is 1. The Kier molecular flexibility index (Phi) is 5.63. The van der Waals surface area contributed by atoms with Gasteiger partial charge in [-0.05, 0) is 43.7 Å². The highest BCUT2D eigenvalue weighted by Crippen LogP contribution is 2.25. The summed E-state index contributed by atoms with van der Waals surface area (Å²) in [6.07, 6.45) is 2.68. The Balaban J connectivity index is 2.16. The number of ether oxygens (including phenoxy) is 1. The Bertz CT molecular complexity index is 798. The third-order valence-electron chi connectivity index (χ3n) is 3.46. The molecule has 0 spiro atoms. The zero-order valence-electron chi connectivity index (χ0n) is 13.4. The maximum atomic E-state index is 12.6. The number of nitrogens with one attached hydrogen (secondary N) is 1. The van der Waals surface area contributed by atoms with Crippen LogP contribution in [0, 0.1) is 0 Å². The lowest BCUT2D eigenvalue weighted by molar-refractivity contribution is 0.0696. The average molecular weight is 353 g/mol. The number of sulfonamides is 1. The monoisotopic (exact) mass is 353 g/mol. The van der Waals surface area contributed by atoms with Gasteiger partial charge in [-0.3, -0.25) is 0 Å². The quantitative estimate of drug-likeness (QED) is 0.754. The van der Waals surface area contributed by atoms with E-state index < -0.39 is 16.0 Å². The molecule has 0 saturated carbocycles. The van der Waals surface area contributed by atoms with Crippen LogP contribution in [0.5, 0.6) is 5.75 Å². The van der Waals surface area contributed by atoms with Gasteiger partial charge in [0.25, 0.3) is 0 Å². The zero-order valence-corrected chi connectivity index (χ0v) is 14.2. The second kappa shape index (κ2) is 7.50. The SMILES string of the molecule is COc1ccc(C(=O)O)cc1S(=O)(=O)NC(C)CCc1ccco1. The number of furan rings is 1. The molecule has 0 fully saturated rings. The molecule has 1 aromatic heterocycles. The number of carboxylic acids is 1. The van der Waals surface area contributed by atoms with Crippen molar-refractivity contribution in [1.29, 1.82) is 0 Å². The third-order valence-corrected chi connectivity index (χ3v) is 5.07. The van der Waals surface area contributed by atoms with Crippen molar-refractivity contribution in [2.45, 2.75) is 30.7 Å². The van der Waals surface area contributed by atoms with Gasteiger partial charge in [0.15, 0.2) is 0 Å². The number of methoxy groups -OCH3 is 1. The Morgan fingerprint density at radius 1 is 1.38 bits per heavy atom. The molecule has 130 valence electrons. The molecular formula is C16H19NO6S. The van der Waals surface area contributed by atoms with E-state index in [0.717, 1.165) is 11.8 Å². The summed E-state index contributed by atoms with van der Waals surface area (Å²) in [6, 6.07) is 6.93. The largest absolute Gasteiger partial charge is 0.495 e. The van der Waals surface area contributed by atoms with Crippen LogP contribution >= 0.6 is 0 Å². The fraction of sp³-hybridized carbons (Fsp3) is 0.312. The second-order valence-corrected chi connectivity index (χ2v) is 6.99. The van der Waals surface area contributed by atoms with Gasteiger partial charge in [0, 0.05) is 12.5 Å². The molecule has 0 aliphatic heterocycles. The average Bonchev–Trinajstić information content (AvgIpc) is 3.05. The molecule has 0 bridgehead atoms. The first kappa shape index (κ1) is 18.0. The van der Waals surface area contributed by atoms with E-state index in [4.69, 9.17) is 14.3 Å². The molecule has 2 aromatic rings. The van der Waals surface area contributed by atoms with E-state index in [1.807, 2.05) is 6.07 Å². The number of carbonyl (C=O) groups is 1. The molecule has 0 aliphatic carbocycles. The molecule has 1 atom stereocenters. The van der Waals surface area contributed by atoms with Crippen molar-refractivity contribution in [3.8, 4) is 5.75 Å². The highest BCUT2D eigenvalue weighted by Gasteiger charge is 2.23. The Labute approximate surface area is 140 Å². The summed E-state index contributed by atoms with van der Waals surface area (Å²) in [6.45, 7) is 1.73. The highest BCUT2D eigenvalue weighted by molar-refractivity contribution is 7.89. The number of benzene rings is 1. The minimum Gasteiger partial charge on any atom is -0.495 e. The summed E-state index contributed by atoms with van der Waals surface area (Å²) in [5, 5.41) is 9.04. The maximum Gasteiger partial charge on any atom is 0.335 e. The fourth-order valence-electron chi connectivity index (χ4n) is 2.22. The van der Waals surface area contributed by atoms with Crippen LogP contribution in [-0.2, 0) is 16.4 Å². The first-order chi connectivity index (χ1) is 11.3. The summed E-state index contributed by atoms with van der Waals surface area (Å²) >= 11 is 0. The number of carboxylic acid groups (broad SMARTS) is 1. The zero-order chi connectivity index (χ0) is 17.7. The lowest BCUT2D eigenvalue weighted by Crippen LogP contribution is -2.33. The van der Waals surface area contributed by atoms with Crippen molar-refractivity contribution in [1.82, 2.24) is 4.72 Å². The predicted molar refractivity (Wildman–Crippen MR) is 86.8 cm³/mol. The van der Waals surface area contributed by atoms with Crippen LogP contribution in [-0.4, -0.2) is 32.6 Å². The third kappa shape index (κ3) is 4.36. The van der Waals surface area contributed by atoms with E-state index in [1.165, 1.54) is 19.2 Å². The molecule has 1 heterocycles. The predicted octanol–water partition coefficient (Wildman–Crippen LogP) is 2.29. The van der Waals surface area contributed by atoms with Gasteiger partial charge in [-0.25, -0.2) is 17.9 Å². The van der Waals surface area contributed by atoms with Crippen molar-refractivity contribution in [3.63, 3.8) is 0 Å². The van der Waals surface area contributed by atoms with Crippen molar-refractivity contribution >= 4 is 16.0 Å². The molecule has 0 radical (unpaired) electrons. The van der Waals surface area contributed by atoms with Crippen LogP contribution in [0.15, 0.2) is 45.9 Å². The molecule has 1 aromatic carbocycles. The normalized spacial score (nSPS) is 12.8. The molecule has 2 N–H and O–H groups in total. The lowest BCUT2D eigenvalue weighted by Gasteiger charge is -2.16. The van der Waals surface area contributed by atoms with Crippen molar-refractivity contribution < 1.29 is 27.5 Å². The van der Waals surface area contributed by atoms with Crippen molar-refractivity contribution in [3.05, 3.63) is 47.9 Å². The van der Waals surface area contributed by atoms with Gasteiger partial charge in [0.1, 0.15) is 16.4 Å². The topological polar surface area (TPSA) is 106 Å². The van der Waals surface area contributed by atoms with Crippen LogP contribution in [0.2, 0.25) is 0 Å². The molecule has 0 amide bonds. The van der Waals surface area contributed by atoms with Crippen molar-refractivity contribution in [2.24, 2.45) is 0 Å². The summed E-state index contributed by atoms with van der Waals surface area (Å²) < 4.78 is 37.9. The lowest BCUT2D eigenvalue weighted by atomic mass is 10.2. The first-order valence-corrected chi connectivity index (χ1v) is 8.78. The summed E-state index contributed by atoms with van der Waals surface area (Å²) in [4.78, 5) is 10.9. The Hall–Kier alpha value is -2.32. The fourth-order valence-corrected chi connectivity index (χ4v) is 3.69. The first-order valence-electron chi connectivity index (χ1n) is 7.29. The van der Waals surface area contributed by atoms with Crippen LogP contribution in [0.3, 0.4) is 0 Å². The minimum absolute atomic E-state index is 0.0886. The number of hydrogen-bond donors (Lipinski definition) is 2. The highest BCUT2D eigenvalue weighted by atomic mass is 32.2. The molecule has 0 aliphatic rings. The number of hydrogen-bond acceptors (Lipinski definition) is 5. The van der Waals surface area contributed by atoms with Gasteiger partial charge in [0.05, 0.1) is 18.9 Å². The molecular weight excluding hydrogens is 334 g/mol. The Morgan fingerprint density at radius 2 is 2.12 bits per heavy atom. The van der Waals surface area contributed by atoms with Gasteiger partial charge >= 0.3 is 5.97 Å². The summed E-state index contributed by atoms with van der Waals surface area (Å²) in [5.74, 6) is -0.350. The molecule has 24 heavy (non-hydrogen) atoms. The summed E-state index contributed by atoms with van der Waals surface area (Å²) in [5.41, 5.74) is -0.126. The smallest absolute Gasteiger partial charge is 0.335 e. The van der Waals surface area contributed by atoms with Gasteiger partial charge in [-0.2, -0.15) is 0 Å². The van der Waals surface area contributed by atoms with Crippen LogP contribution in [0.25, 0.3) is 0 Å². The molecule has 2 rings (SSSR count). The number of aryl methyl sites for hydroxylation is 1. The number of rotatable bonds is 8. The van der Waals surface area contributed by atoms with Gasteiger partial charge < -0.3 is 14.3 Å². The van der Waals surface area contributed by atoms with E-state index in [-0.39, 0.29) is 22.3 Å². The van der Waals surface area contributed by atoms with Crippen LogP contribution in [0.4, 0.5) is 0 Å². The minimum atomic E-state index is -3.92. The second-order valence-electron chi connectivity index (χ2n) is 5.31. The van der Waals surface area contributed by atoms with Crippen LogP contribution < -0.4 is 9.46 Å². The molecule has 8 heteroatoms. The maximum absolute atomic E-state index is 12.6. The van der Waals surface area contributed by atoms with E-state index in [1.54, 1.807) is 19.3 Å². The molecule has 7 nitrogen and oxygen atoms in total. The molecule has 0 saturated heterocycles. The van der Waals surface area contributed by atoms with E-state index in [2.05, 4.69) is 4.72 Å².